The van der Waals surface area contributed by atoms with Crippen LogP contribution in [-0.4, -0.2) is 30.9 Å². The van der Waals surface area contributed by atoms with Crippen LogP contribution in [0.2, 0.25) is 10.0 Å². The molecule has 0 saturated heterocycles. The molecule has 2 amide bonds. The van der Waals surface area contributed by atoms with Gasteiger partial charge in [-0.1, -0.05) is 41.4 Å². The molecular weight excluding hydrogens is 413 g/mol. The highest BCUT2D eigenvalue weighted by Gasteiger charge is 2.07. The molecule has 0 aliphatic heterocycles. The number of hydrogen-bond acceptors (Lipinski definition) is 3. The standard InChI is InChI=1S/C20H23Cl2N5O2/c1-2-24-20(27-11-15-7-8-16(21)9-17(15)22)26-10-13-3-5-14(6-4-13)19(29)25-12-18(23)28/h3-9H,2,10-12H2,1H3,(H2,23,28)(H,25,29)(H2,24,26,27). The summed E-state index contributed by atoms with van der Waals surface area (Å²) in [5, 5.41) is 10.0. The van der Waals surface area contributed by atoms with Crippen LogP contribution in [0, 0.1) is 0 Å². The number of halogens is 2. The van der Waals surface area contributed by atoms with Crippen molar-refractivity contribution in [1.82, 2.24) is 16.0 Å². The summed E-state index contributed by atoms with van der Waals surface area (Å²) in [6, 6.07) is 12.3. The van der Waals surface area contributed by atoms with Crippen LogP contribution in [0.15, 0.2) is 47.5 Å². The van der Waals surface area contributed by atoms with Crippen molar-refractivity contribution in [3.63, 3.8) is 0 Å². The first-order valence-corrected chi connectivity index (χ1v) is 9.76. The normalized spacial score (nSPS) is 11.1. The minimum absolute atomic E-state index is 0.194. The lowest BCUT2D eigenvalue weighted by Crippen LogP contribution is -2.36. The van der Waals surface area contributed by atoms with Gasteiger partial charge in [0.25, 0.3) is 5.91 Å². The summed E-state index contributed by atoms with van der Waals surface area (Å²) in [5.41, 5.74) is 7.30. The van der Waals surface area contributed by atoms with Crippen LogP contribution >= 0.6 is 23.2 Å². The first kappa shape index (κ1) is 22.5. The quantitative estimate of drug-likeness (QED) is 0.377. The Morgan fingerprint density at radius 3 is 2.38 bits per heavy atom. The van der Waals surface area contributed by atoms with Crippen molar-refractivity contribution in [3.8, 4) is 0 Å². The molecule has 29 heavy (non-hydrogen) atoms. The number of carbonyl (C=O) groups excluding carboxylic acids is 2. The highest BCUT2D eigenvalue weighted by Crippen LogP contribution is 2.20. The molecule has 0 aliphatic carbocycles. The largest absolute Gasteiger partial charge is 0.368 e. The zero-order valence-electron chi connectivity index (χ0n) is 16.0. The number of guanidine groups is 1. The maximum absolute atomic E-state index is 11.9. The maximum atomic E-state index is 11.9. The van der Waals surface area contributed by atoms with Crippen LogP contribution in [0.4, 0.5) is 0 Å². The molecule has 154 valence electrons. The van der Waals surface area contributed by atoms with Crippen molar-refractivity contribution in [2.75, 3.05) is 13.1 Å². The van der Waals surface area contributed by atoms with E-state index < -0.39 is 5.91 Å². The van der Waals surface area contributed by atoms with Crippen molar-refractivity contribution in [1.29, 1.82) is 0 Å². The van der Waals surface area contributed by atoms with Crippen LogP contribution in [-0.2, 0) is 17.9 Å². The summed E-state index contributed by atoms with van der Waals surface area (Å²) in [6.07, 6.45) is 0. The van der Waals surface area contributed by atoms with Gasteiger partial charge in [-0.3, -0.25) is 9.59 Å². The van der Waals surface area contributed by atoms with Gasteiger partial charge in [-0.2, -0.15) is 0 Å². The lowest BCUT2D eigenvalue weighted by Gasteiger charge is -2.12. The van der Waals surface area contributed by atoms with E-state index in [2.05, 4.69) is 20.9 Å². The van der Waals surface area contributed by atoms with E-state index >= 15 is 0 Å². The fourth-order valence-electron chi connectivity index (χ4n) is 2.39. The average Bonchev–Trinajstić information content (AvgIpc) is 2.69. The van der Waals surface area contributed by atoms with Crippen LogP contribution in [0.1, 0.15) is 28.4 Å². The second kappa shape index (κ2) is 11.3. The minimum atomic E-state index is -0.590. The van der Waals surface area contributed by atoms with Crippen LogP contribution in [0.3, 0.4) is 0 Å². The molecule has 0 unspecified atom stereocenters. The second-order valence-corrected chi connectivity index (χ2v) is 6.97. The van der Waals surface area contributed by atoms with Gasteiger partial charge in [-0.15, -0.1) is 0 Å². The van der Waals surface area contributed by atoms with Gasteiger partial charge in [0.15, 0.2) is 5.96 Å². The number of benzene rings is 2. The number of carbonyl (C=O) groups is 2. The summed E-state index contributed by atoms with van der Waals surface area (Å²) < 4.78 is 0. The third-order valence-corrected chi connectivity index (χ3v) is 4.45. The lowest BCUT2D eigenvalue weighted by atomic mass is 10.1. The molecule has 0 aromatic heterocycles. The molecule has 7 nitrogen and oxygen atoms in total. The van der Waals surface area contributed by atoms with Crippen molar-refractivity contribution in [3.05, 3.63) is 69.2 Å². The predicted octanol–water partition coefficient (Wildman–Crippen LogP) is 2.46. The van der Waals surface area contributed by atoms with Gasteiger partial charge in [0.05, 0.1) is 13.1 Å². The highest BCUT2D eigenvalue weighted by molar-refractivity contribution is 6.35. The Labute approximate surface area is 179 Å². The van der Waals surface area contributed by atoms with E-state index in [0.29, 0.717) is 41.2 Å². The molecule has 0 spiro atoms. The van der Waals surface area contributed by atoms with Gasteiger partial charge in [-0.25, -0.2) is 4.99 Å². The third-order valence-electron chi connectivity index (χ3n) is 3.86. The Bertz CT molecular complexity index is 885. The number of hydrogen-bond donors (Lipinski definition) is 4. The molecule has 2 rings (SSSR count). The van der Waals surface area contributed by atoms with E-state index in [-0.39, 0.29) is 12.5 Å². The Kier molecular flexibility index (Phi) is 8.76. The number of primary amides is 1. The topological polar surface area (TPSA) is 109 Å². The van der Waals surface area contributed by atoms with E-state index in [1.54, 1.807) is 24.3 Å². The molecule has 0 aliphatic rings. The van der Waals surface area contributed by atoms with Gasteiger partial charge < -0.3 is 21.7 Å². The summed E-state index contributed by atoms with van der Waals surface area (Å²) in [4.78, 5) is 27.2. The first-order valence-electron chi connectivity index (χ1n) is 9.00. The fourth-order valence-corrected chi connectivity index (χ4v) is 2.86. The number of aliphatic imine (C=N–C) groups is 1. The summed E-state index contributed by atoms with van der Waals surface area (Å²) >= 11 is 12.1. The first-order chi connectivity index (χ1) is 13.9. The lowest BCUT2D eigenvalue weighted by molar-refractivity contribution is -0.117. The van der Waals surface area contributed by atoms with Gasteiger partial charge >= 0.3 is 0 Å². The summed E-state index contributed by atoms with van der Waals surface area (Å²) in [7, 11) is 0. The molecule has 0 fully saturated rings. The van der Waals surface area contributed by atoms with Crippen molar-refractivity contribution in [2.45, 2.75) is 20.0 Å². The van der Waals surface area contributed by atoms with Crippen molar-refractivity contribution >= 4 is 41.0 Å². The molecule has 0 saturated carbocycles. The molecule has 0 bridgehead atoms. The third kappa shape index (κ3) is 7.63. The van der Waals surface area contributed by atoms with Gasteiger partial charge in [-0.05, 0) is 42.3 Å². The maximum Gasteiger partial charge on any atom is 0.251 e. The van der Waals surface area contributed by atoms with Crippen LogP contribution < -0.4 is 21.7 Å². The number of rotatable bonds is 8. The Hall–Kier alpha value is -2.77. The molecule has 9 heteroatoms. The molecule has 0 radical (unpaired) electrons. The zero-order chi connectivity index (χ0) is 21.2. The van der Waals surface area contributed by atoms with Gasteiger partial charge in [0.2, 0.25) is 5.91 Å². The smallest absolute Gasteiger partial charge is 0.251 e. The predicted molar refractivity (Wildman–Crippen MR) is 116 cm³/mol. The van der Waals surface area contributed by atoms with E-state index in [0.717, 1.165) is 11.1 Å². The molecule has 2 aromatic rings. The Morgan fingerprint density at radius 2 is 1.76 bits per heavy atom. The number of amides is 2. The highest BCUT2D eigenvalue weighted by atomic mass is 35.5. The van der Waals surface area contributed by atoms with Crippen molar-refractivity contribution in [2.24, 2.45) is 10.7 Å². The molecule has 5 N–H and O–H groups in total. The zero-order valence-corrected chi connectivity index (χ0v) is 17.5. The minimum Gasteiger partial charge on any atom is -0.368 e. The fraction of sp³-hybridized carbons (Fsp3) is 0.250. The monoisotopic (exact) mass is 435 g/mol. The van der Waals surface area contributed by atoms with E-state index in [1.165, 1.54) is 0 Å². The summed E-state index contributed by atoms with van der Waals surface area (Å²) in [5.74, 6) is -0.303. The molecular formula is C20H23Cl2N5O2. The van der Waals surface area contributed by atoms with E-state index in [4.69, 9.17) is 28.9 Å². The molecule has 0 heterocycles. The SMILES string of the molecule is CCNC(=NCc1ccc(C(=O)NCC(N)=O)cc1)NCc1ccc(Cl)cc1Cl. The van der Waals surface area contributed by atoms with Gasteiger partial charge in [0, 0.05) is 28.7 Å². The van der Waals surface area contributed by atoms with Crippen LogP contribution in [0.25, 0.3) is 0 Å². The van der Waals surface area contributed by atoms with Crippen molar-refractivity contribution < 1.29 is 9.59 Å². The van der Waals surface area contributed by atoms with E-state index in [1.807, 2.05) is 25.1 Å². The van der Waals surface area contributed by atoms with E-state index in [9.17, 15) is 9.59 Å². The van der Waals surface area contributed by atoms with Gasteiger partial charge in [0.1, 0.15) is 0 Å². The average molecular weight is 436 g/mol. The number of nitrogens with one attached hydrogen (secondary N) is 3. The Morgan fingerprint density at radius 1 is 1.03 bits per heavy atom. The summed E-state index contributed by atoms with van der Waals surface area (Å²) in [6.45, 7) is 3.42. The molecule has 2 aromatic carbocycles. The second-order valence-electron chi connectivity index (χ2n) is 6.13. The number of nitrogens with zero attached hydrogens (tertiary/aromatic N) is 1. The Balaban J connectivity index is 1.96. The van der Waals surface area contributed by atoms with Crippen LogP contribution in [0.5, 0.6) is 0 Å². The molecule has 0 atom stereocenters. The number of nitrogens with two attached hydrogens (primary N) is 1.